The van der Waals surface area contributed by atoms with E-state index in [-0.39, 0.29) is 17.7 Å². The SMILES string of the molecule is Cc1ccccc1OCCN(C)C(=O)C1Cc2ccccc2CN1C(=O)CC(C)C. The number of aryl methyl sites for hydroxylation is 1. The van der Waals surface area contributed by atoms with Gasteiger partial charge in [-0.15, -0.1) is 0 Å². The van der Waals surface area contributed by atoms with Crippen molar-refractivity contribution in [3.8, 4) is 5.75 Å². The Morgan fingerprint density at radius 2 is 1.77 bits per heavy atom. The molecule has 2 amide bonds. The minimum atomic E-state index is -0.463. The van der Waals surface area contributed by atoms with Crippen LogP contribution < -0.4 is 4.74 Å². The second-order valence-corrected chi connectivity index (χ2v) is 8.48. The standard InChI is InChI=1S/C25H32N2O3/c1-18(2)15-24(28)27-17-21-11-7-6-10-20(21)16-22(27)25(29)26(4)13-14-30-23-12-8-5-9-19(23)3/h5-12,18,22H,13-17H2,1-4H3. The largest absolute Gasteiger partial charge is 0.491 e. The average molecular weight is 409 g/mol. The van der Waals surface area contributed by atoms with Gasteiger partial charge in [0.2, 0.25) is 11.8 Å². The van der Waals surface area contributed by atoms with Crippen LogP contribution in [0.25, 0.3) is 0 Å². The minimum absolute atomic E-state index is 0.0324. The molecule has 2 aromatic carbocycles. The van der Waals surface area contributed by atoms with Crippen molar-refractivity contribution in [1.29, 1.82) is 0 Å². The summed E-state index contributed by atoms with van der Waals surface area (Å²) >= 11 is 0. The highest BCUT2D eigenvalue weighted by Crippen LogP contribution is 2.26. The van der Waals surface area contributed by atoms with Crippen molar-refractivity contribution in [1.82, 2.24) is 9.80 Å². The molecular weight excluding hydrogens is 376 g/mol. The van der Waals surface area contributed by atoms with E-state index in [0.717, 1.165) is 22.4 Å². The van der Waals surface area contributed by atoms with Gasteiger partial charge in [0.25, 0.3) is 0 Å². The van der Waals surface area contributed by atoms with Crippen LogP contribution in [-0.2, 0) is 22.6 Å². The molecule has 160 valence electrons. The highest BCUT2D eigenvalue weighted by atomic mass is 16.5. The van der Waals surface area contributed by atoms with Gasteiger partial charge in [-0.3, -0.25) is 9.59 Å². The average Bonchev–Trinajstić information content (AvgIpc) is 2.73. The molecule has 5 heteroatoms. The van der Waals surface area contributed by atoms with Gasteiger partial charge in [0.1, 0.15) is 18.4 Å². The third-order valence-corrected chi connectivity index (χ3v) is 5.59. The van der Waals surface area contributed by atoms with Gasteiger partial charge in [-0.05, 0) is 35.6 Å². The highest BCUT2D eigenvalue weighted by Gasteiger charge is 2.35. The maximum absolute atomic E-state index is 13.3. The zero-order valence-corrected chi connectivity index (χ0v) is 18.4. The molecule has 1 atom stereocenters. The van der Waals surface area contributed by atoms with Crippen molar-refractivity contribution in [2.24, 2.45) is 5.92 Å². The van der Waals surface area contributed by atoms with Crippen LogP contribution in [0.2, 0.25) is 0 Å². The lowest BCUT2D eigenvalue weighted by Crippen LogP contribution is -2.53. The summed E-state index contributed by atoms with van der Waals surface area (Å²) in [7, 11) is 1.79. The number of fused-ring (bicyclic) bond motifs is 1. The van der Waals surface area contributed by atoms with E-state index in [1.807, 2.05) is 63.2 Å². The number of nitrogens with zero attached hydrogens (tertiary/aromatic N) is 2. The lowest BCUT2D eigenvalue weighted by atomic mass is 9.92. The third-order valence-electron chi connectivity index (χ3n) is 5.59. The maximum Gasteiger partial charge on any atom is 0.245 e. The van der Waals surface area contributed by atoms with Crippen molar-refractivity contribution < 1.29 is 14.3 Å². The fourth-order valence-corrected chi connectivity index (χ4v) is 3.85. The Balaban J connectivity index is 1.69. The van der Waals surface area contributed by atoms with Crippen molar-refractivity contribution in [3.05, 3.63) is 65.2 Å². The zero-order chi connectivity index (χ0) is 21.7. The van der Waals surface area contributed by atoms with Gasteiger partial charge in [0, 0.05) is 26.4 Å². The van der Waals surface area contributed by atoms with Gasteiger partial charge >= 0.3 is 0 Å². The lowest BCUT2D eigenvalue weighted by molar-refractivity contribution is -0.147. The van der Waals surface area contributed by atoms with Gasteiger partial charge in [0.05, 0.1) is 6.54 Å². The van der Waals surface area contributed by atoms with Crippen LogP contribution >= 0.6 is 0 Å². The molecule has 0 saturated carbocycles. The van der Waals surface area contributed by atoms with Crippen molar-refractivity contribution in [2.75, 3.05) is 20.2 Å². The maximum atomic E-state index is 13.3. The molecule has 0 bridgehead atoms. The second-order valence-electron chi connectivity index (χ2n) is 8.48. The summed E-state index contributed by atoms with van der Waals surface area (Å²) in [4.78, 5) is 29.7. The third kappa shape index (κ3) is 5.21. The predicted octanol–water partition coefficient (Wildman–Crippen LogP) is 3.83. The van der Waals surface area contributed by atoms with E-state index in [1.165, 1.54) is 0 Å². The summed E-state index contributed by atoms with van der Waals surface area (Å²) in [6.07, 6.45) is 1.01. The van der Waals surface area contributed by atoms with E-state index in [9.17, 15) is 9.59 Å². The molecule has 0 fully saturated rings. The van der Waals surface area contributed by atoms with Crippen molar-refractivity contribution >= 4 is 11.8 Å². The Kier molecular flexibility index (Phi) is 7.14. The molecule has 0 radical (unpaired) electrons. The number of rotatable bonds is 7. The summed E-state index contributed by atoms with van der Waals surface area (Å²) in [6, 6.07) is 15.5. The lowest BCUT2D eigenvalue weighted by Gasteiger charge is -2.38. The highest BCUT2D eigenvalue weighted by molar-refractivity contribution is 5.88. The van der Waals surface area contributed by atoms with E-state index in [1.54, 1.807) is 16.8 Å². The van der Waals surface area contributed by atoms with Gasteiger partial charge in [-0.1, -0.05) is 56.3 Å². The summed E-state index contributed by atoms with van der Waals surface area (Å²) in [5.41, 5.74) is 3.35. The van der Waals surface area contributed by atoms with Crippen molar-refractivity contribution in [3.63, 3.8) is 0 Å². The molecular formula is C25H32N2O3. The van der Waals surface area contributed by atoms with E-state index < -0.39 is 6.04 Å². The predicted molar refractivity (Wildman–Crippen MR) is 118 cm³/mol. The Hall–Kier alpha value is -2.82. The van der Waals surface area contributed by atoms with Crippen LogP contribution in [0.3, 0.4) is 0 Å². The number of likely N-dealkylation sites (N-methyl/N-ethyl adjacent to an activating group) is 1. The van der Waals surface area contributed by atoms with E-state index in [2.05, 4.69) is 6.07 Å². The fraction of sp³-hybridized carbons (Fsp3) is 0.440. The van der Waals surface area contributed by atoms with Gasteiger partial charge in [-0.25, -0.2) is 0 Å². The Labute approximate surface area is 179 Å². The Morgan fingerprint density at radius 3 is 2.47 bits per heavy atom. The molecule has 3 rings (SSSR count). The van der Waals surface area contributed by atoms with Gasteiger partial charge in [-0.2, -0.15) is 0 Å². The van der Waals surface area contributed by atoms with E-state index in [0.29, 0.717) is 32.5 Å². The van der Waals surface area contributed by atoms with Crippen LogP contribution in [-0.4, -0.2) is 47.9 Å². The monoisotopic (exact) mass is 408 g/mol. The van der Waals surface area contributed by atoms with Crippen LogP contribution in [0.4, 0.5) is 0 Å². The van der Waals surface area contributed by atoms with Crippen LogP contribution in [0.5, 0.6) is 5.75 Å². The molecule has 0 spiro atoms. The first-order valence-electron chi connectivity index (χ1n) is 10.7. The Bertz CT molecular complexity index is 893. The minimum Gasteiger partial charge on any atom is -0.491 e. The number of carbonyl (C=O) groups is 2. The van der Waals surface area contributed by atoms with E-state index in [4.69, 9.17) is 4.74 Å². The molecule has 1 aliphatic rings. The smallest absolute Gasteiger partial charge is 0.245 e. The second kappa shape index (κ2) is 9.79. The van der Waals surface area contributed by atoms with Gasteiger partial charge < -0.3 is 14.5 Å². The number of carbonyl (C=O) groups excluding carboxylic acids is 2. The van der Waals surface area contributed by atoms with Crippen molar-refractivity contribution in [2.45, 2.75) is 46.2 Å². The number of amides is 2. The summed E-state index contributed by atoms with van der Waals surface area (Å²) in [5.74, 6) is 1.10. The van der Waals surface area contributed by atoms with Crippen LogP contribution in [0, 0.1) is 12.8 Å². The number of hydrogen-bond acceptors (Lipinski definition) is 3. The molecule has 1 unspecified atom stereocenters. The van der Waals surface area contributed by atoms with Crippen LogP contribution in [0.1, 0.15) is 37.0 Å². The first-order chi connectivity index (χ1) is 14.4. The van der Waals surface area contributed by atoms with Crippen LogP contribution in [0.15, 0.2) is 48.5 Å². The molecule has 0 aliphatic carbocycles. The fourth-order valence-electron chi connectivity index (χ4n) is 3.85. The molecule has 0 saturated heterocycles. The molecule has 1 aliphatic heterocycles. The zero-order valence-electron chi connectivity index (χ0n) is 18.4. The molecule has 5 nitrogen and oxygen atoms in total. The van der Waals surface area contributed by atoms with Gasteiger partial charge in [0.15, 0.2) is 0 Å². The number of ether oxygens (including phenoxy) is 1. The molecule has 2 aromatic rings. The molecule has 0 N–H and O–H groups in total. The summed E-state index contributed by atoms with van der Waals surface area (Å²) in [5, 5.41) is 0. The Morgan fingerprint density at radius 1 is 1.10 bits per heavy atom. The summed E-state index contributed by atoms with van der Waals surface area (Å²) in [6.45, 7) is 7.44. The molecule has 1 heterocycles. The molecule has 30 heavy (non-hydrogen) atoms. The van der Waals surface area contributed by atoms with E-state index >= 15 is 0 Å². The first-order valence-corrected chi connectivity index (χ1v) is 10.7. The molecule has 0 aromatic heterocycles. The quantitative estimate of drug-likeness (QED) is 0.700. The summed E-state index contributed by atoms with van der Waals surface area (Å²) < 4.78 is 5.85. The topological polar surface area (TPSA) is 49.9 Å². The number of hydrogen-bond donors (Lipinski definition) is 0. The first kappa shape index (κ1) is 21.9. The number of benzene rings is 2. The number of para-hydroxylation sites is 1. The normalized spacial score (nSPS) is 15.6.